The molecule has 1 heterocycles. The van der Waals surface area contributed by atoms with Crippen molar-refractivity contribution in [1.29, 1.82) is 0 Å². The molecule has 0 aromatic heterocycles. The van der Waals surface area contributed by atoms with Crippen molar-refractivity contribution < 1.29 is 28.5 Å². The van der Waals surface area contributed by atoms with Crippen molar-refractivity contribution >= 4 is 28.0 Å². The van der Waals surface area contributed by atoms with E-state index in [-0.39, 0.29) is 26.0 Å². The van der Waals surface area contributed by atoms with Crippen molar-refractivity contribution in [2.45, 2.75) is 30.8 Å². The van der Waals surface area contributed by atoms with Crippen molar-refractivity contribution in [3.05, 3.63) is 70.2 Å². The van der Waals surface area contributed by atoms with E-state index in [2.05, 4.69) is 15.9 Å². The van der Waals surface area contributed by atoms with E-state index in [0.717, 1.165) is 15.6 Å². The van der Waals surface area contributed by atoms with E-state index in [4.69, 9.17) is 18.9 Å². The van der Waals surface area contributed by atoms with E-state index in [0.29, 0.717) is 0 Å². The molecule has 8 heteroatoms. The van der Waals surface area contributed by atoms with Crippen molar-refractivity contribution in [2.75, 3.05) is 27.9 Å². The Labute approximate surface area is 190 Å². The number of likely N-dealkylation sites (tertiary alicyclic amines) is 1. The molecule has 2 aromatic rings. The lowest BCUT2D eigenvalue weighted by molar-refractivity contribution is -0.197. The summed E-state index contributed by atoms with van der Waals surface area (Å²) in [4.78, 5) is 27.7. The molecule has 7 nitrogen and oxygen atoms in total. The second-order valence-corrected chi connectivity index (χ2v) is 8.36. The van der Waals surface area contributed by atoms with Gasteiger partial charge in [0.15, 0.2) is 11.3 Å². The average Bonchev–Trinajstić information content (AvgIpc) is 3.15. The van der Waals surface area contributed by atoms with Crippen LogP contribution in [0, 0.1) is 0 Å². The maximum absolute atomic E-state index is 13.2. The molecule has 1 amide bonds. The summed E-state index contributed by atoms with van der Waals surface area (Å²) in [5.41, 5.74) is 0.358. The minimum Gasteiger partial charge on any atom is -0.467 e. The van der Waals surface area contributed by atoms with Gasteiger partial charge < -0.3 is 18.9 Å². The number of benzene rings is 2. The van der Waals surface area contributed by atoms with Gasteiger partial charge in [-0.05, 0) is 23.3 Å². The first-order chi connectivity index (χ1) is 14.9. The van der Waals surface area contributed by atoms with E-state index in [1.165, 1.54) is 26.2 Å². The number of carbonyl (C=O) groups is 2. The number of carbonyl (C=O) groups excluding carboxylic acids is 2. The molecule has 3 rings (SSSR count). The van der Waals surface area contributed by atoms with Gasteiger partial charge in [-0.15, -0.1) is 0 Å². The highest BCUT2D eigenvalue weighted by atomic mass is 79.9. The fourth-order valence-corrected chi connectivity index (χ4v) is 4.19. The topological polar surface area (TPSA) is 74.3 Å². The summed E-state index contributed by atoms with van der Waals surface area (Å²) < 4.78 is 22.8. The predicted octanol–water partition coefficient (Wildman–Crippen LogP) is 3.94. The van der Waals surface area contributed by atoms with Gasteiger partial charge in [0, 0.05) is 31.5 Å². The van der Waals surface area contributed by atoms with Crippen LogP contribution in [0.2, 0.25) is 0 Å². The highest BCUT2D eigenvalue weighted by molar-refractivity contribution is 9.10. The van der Waals surface area contributed by atoms with Gasteiger partial charge in [-0.2, -0.15) is 0 Å². The Kier molecular flexibility index (Phi) is 7.35. The number of methoxy groups -OCH3 is 3. The Hall–Kier alpha value is -2.42. The predicted molar refractivity (Wildman–Crippen MR) is 117 cm³/mol. The second-order valence-electron chi connectivity index (χ2n) is 7.45. The normalized spacial score (nSPS) is 19.8. The monoisotopic (exact) mass is 491 g/mol. The van der Waals surface area contributed by atoms with Gasteiger partial charge in [-0.3, -0.25) is 4.90 Å². The first kappa shape index (κ1) is 23.2. The van der Waals surface area contributed by atoms with Crippen molar-refractivity contribution in [3.8, 4) is 0 Å². The maximum atomic E-state index is 13.2. The number of halogens is 1. The molecule has 0 radical (unpaired) electrons. The van der Waals surface area contributed by atoms with Crippen LogP contribution in [-0.2, 0) is 36.8 Å². The molecule has 0 bridgehead atoms. The maximum Gasteiger partial charge on any atom is 0.411 e. The summed E-state index contributed by atoms with van der Waals surface area (Å²) in [5.74, 6) is -1.71. The van der Waals surface area contributed by atoms with Crippen LogP contribution in [0.25, 0.3) is 0 Å². The number of esters is 1. The van der Waals surface area contributed by atoms with Crippen LogP contribution in [0.4, 0.5) is 4.79 Å². The molecule has 31 heavy (non-hydrogen) atoms. The highest BCUT2D eigenvalue weighted by Crippen LogP contribution is 2.42. The van der Waals surface area contributed by atoms with E-state index in [9.17, 15) is 9.59 Å². The van der Waals surface area contributed by atoms with Crippen LogP contribution >= 0.6 is 15.9 Å². The zero-order valence-corrected chi connectivity index (χ0v) is 19.4. The van der Waals surface area contributed by atoms with Gasteiger partial charge in [0.1, 0.15) is 6.61 Å². The molecular weight excluding hydrogens is 466 g/mol. The van der Waals surface area contributed by atoms with E-state index < -0.39 is 23.4 Å². The van der Waals surface area contributed by atoms with E-state index >= 15 is 0 Å². The second kappa shape index (κ2) is 9.80. The zero-order chi connectivity index (χ0) is 22.5. The molecular formula is C23H26BrNO6. The molecule has 2 aromatic carbocycles. The van der Waals surface area contributed by atoms with Gasteiger partial charge in [0.05, 0.1) is 13.7 Å². The summed E-state index contributed by atoms with van der Waals surface area (Å²) in [5, 5.41) is 0. The fourth-order valence-electron chi connectivity index (χ4n) is 3.92. The van der Waals surface area contributed by atoms with E-state index in [1.807, 2.05) is 54.6 Å². The standard InChI is InChI=1S/C23H26BrNO6/c1-28-20(26)22(13-17-9-11-19(24)12-10-17)15-23(29-2,30-3)16-25(22)21(27)31-14-18-7-5-4-6-8-18/h4-12H,13-16H2,1-3H3. The lowest BCUT2D eigenvalue weighted by Crippen LogP contribution is -2.55. The van der Waals surface area contributed by atoms with Gasteiger partial charge in [-0.25, -0.2) is 9.59 Å². The third kappa shape index (κ3) is 4.92. The van der Waals surface area contributed by atoms with Crippen LogP contribution in [-0.4, -0.2) is 56.2 Å². The van der Waals surface area contributed by atoms with Gasteiger partial charge in [0.25, 0.3) is 0 Å². The smallest absolute Gasteiger partial charge is 0.411 e. The third-order valence-electron chi connectivity index (χ3n) is 5.62. The van der Waals surface area contributed by atoms with Gasteiger partial charge in [0.2, 0.25) is 0 Å². The van der Waals surface area contributed by atoms with Gasteiger partial charge in [-0.1, -0.05) is 58.4 Å². The molecule has 166 valence electrons. The average molecular weight is 492 g/mol. The van der Waals surface area contributed by atoms with Crippen LogP contribution in [0.15, 0.2) is 59.1 Å². The Morgan fingerprint density at radius 3 is 2.19 bits per heavy atom. The molecule has 0 spiro atoms. The molecule has 1 fully saturated rings. The Bertz CT molecular complexity index is 900. The molecule has 1 unspecified atom stereocenters. The summed E-state index contributed by atoms with van der Waals surface area (Å²) in [6, 6.07) is 16.9. The zero-order valence-electron chi connectivity index (χ0n) is 17.8. The number of ether oxygens (including phenoxy) is 4. The molecule has 0 aliphatic carbocycles. The molecule has 1 aliphatic rings. The van der Waals surface area contributed by atoms with Crippen LogP contribution in [0.5, 0.6) is 0 Å². The Morgan fingerprint density at radius 2 is 1.61 bits per heavy atom. The van der Waals surface area contributed by atoms with E-state index in [1.54, 1.807) is 0 Å². The third-order valence-corrected chi connectivity index (χ3v) is 6.15. The summed E-state index contributed by atoms with van der Waals surface area (Å²) in [6.07, 6.45) is -0.305. The van der Waals surface area contributed by atoms with Crippen molar-refractivity contribution in [2.24, 2.45) is 0 Å². The Morgan fingerprint density at radius 1 is 0.968 bits per heavy atom. The van der Waals surface area contributed by atoms with Gasteiger partial charge >= 0.3 is 12.1 Å². The summed E-state index contributed by atoms with van der Waals surface area (Å²) in [7, 11) is 4.28. The summed E-state index contributed by atoms with van der Waals surface area (Å²) in [6.45, 7) is 0.109. The highest BCUT2D eigenvalue weighted by Gasteiger charge is 2.61. The minimum absolute atomic E-state index is 0.0270. The first-order valence-corrected chi connectivity index (χ1v) is 10.6. The number of nitrogens with zero attached hydrogens (tertiary/aromatic N) is 1. The lowest BCUT2D eigenvalue weighted by Gasteiger charge is -2.34. The minimum atomic E-state index is -1.34. The number of amides is 1. The molecule has 1 atom stereocenters. The fraction of sp³-hybridized carbons (Fsp3) is 0.391. The number of hydrogen-bond donors (Lipinski definition) is 0. The first-order valence-electron chi connectivity index (χ1n) is 9.79. The largest absolute Gasteiger partial charge is 0.467 e. The molecule has 1 aliphatic heterocycles. The van der Waals surface area contributed by atoms with Crippen LogP contribution in [0.1, 0.15) is 17.5 Å². The van der Waals surface area contributed by atoms with Crippen LogP contribution in [0.3, 0.4) is 0 Å². The number of rotatable bonds is 7. The molecule has 0 saturated carbocycles. The number of hydrogen-bond acceptors (Lipinski definition) is 6. The molecule has 0 N–H and O–H groups in total. The molecule has 1 saturated heterocycles. The quantitative estimate of drug-likeness (QED) is 0.431. The lowest BCUT2D eigenvalue weighted by atomic mass is 9.87. The van der Waals surface area contributed by atoms with Crippen molar-refractivity contribution in [3.63, 3.8) is 0 Å². The van der Waals surface area contributed by atoms with Crippen LogP contribution < -0.4 is 0 Å². The Balaban J connectivity index is 1.95. The van der Waals surface area contributed by atoms with Crippen molar-refractivity contribution in [1.82, 2.24) is 4.90 Å². The SMILES string of the molecule is COC(=O)C1(Cc2ccc(Br)cc2)CC(OC)(OC)CN1C(=O)OCc1ccccc1. The summed E-state index contributed by atoms with van der Waals surface area (Å²) >= 11 is 3.42.